The van der Waals surface area contributed by atoms with Gasteiger partial charge >= 0.3 is 0 Å². The molecule has 0 unspecified atom stereocenters. The maximum atomic E-state index is 2.45. The van der Waals surface area contributed by atoms with Gasteiger partial charge in [0.15, 0.2) is 0 Å². The molecule has 0 N–H and O–H groups in total. The number of hydrogen-bond donors (Lipinski definition) is 0. The van der Waals surface area contributed by atoms with Gasteiger partial charge in [-0.1, -0.05) is 200 Å². The summed E-state index contributed by atoms with van der Waals surface area (Å²) in [6.45, 7) is 0. The van der Waals surface area contributed by atoms with Crippen LogP contribution in [0.2, 0.25) is 0 Å². The highest BCUT2D eigenvalue weighted by Gasteiger charge is 2.46. The zero-order valence-electron chi connectivity index (χ0n) is 31.0. The second-order valence-corrected chi connectivity index (χ2v) is 14.5. The van der Waals surface area contributed by atoms with E-state index in [1.54, 1.807) is 0 Å². The van der Waals surface area contributed by atoms with Crippen LogP contribution in [0.5, 0.6) is 0 Å². The third-order valence-corrected chi connectivity index (χ3v) is 11.4. The van der Waals surface area contributed by atoms with Crippen molar-refractivity contribution in [2.24, 2.45) is 0 Å². The predicted molar refractivity (Wildman–Crippen MR) is 235 cm³/mol. The summed E-state index contributed by atoms with van der Waals surface area (Å²) < 4.78 is 0. The monoisotopic (exact) mass is 713 g/mol. The Labute approximate surface area is 329 Å². The van der Waals surface area contributed by atoms with Crippen LogP contribution in [-0.2, 0) is 5.41 Å². The number of anilines is 3. The first-order chi connectivity index (χ1) is 27.8. The van der Waals surface area contributed by atoms with Gasteiger partial charge in [0.25, 0.3) is 0 Å². The van der Waals surface area contributed by atoms with E-state index in [4.69, 9.17) is 0 Å². The Morgan fingerprint density at radius 3 is 1.32 bits per heavy atom. The van der Waals surface area contributed by atoms with Gasteiger partial charge in [-0.3, -0.25) is 0 Å². The first kappa shape index (κ1) is 33.4. The van der Waals surface area contributed by atoms with Crippen LogP contribution in [0.4, 0.5) is 17.1 Å². The van der Waals surface area contributed by atoms with Gasteiger partial charge in [0.1, 0.15) is 0 Å². The zero-order valence-corrected chi connectivity index (χ0v) is 31.0. The van der Waals surface area contributed by atoms with E-state index in [1.165, 1.54) is 66.8 Å². The minimum absolute atomic E-state index is 0.493. The molecule has 0 saturated heterocycles. The highest BCUT2D eigenvalue weighted by Crippen LogP contribution is 2.57. The fraction of sp³-hybridized carbons (Fsp3) is 0.0182. The van der Waals surface area contributed by atoms with Crippen LogP contribution in [0, 0.1) is 0 Å². The summed E-state index contributed by atoms with van der Waals surface area (Å²) in [5.74, 6) is 0. The van der Waals surface area contributed by atoms with Crippen molar-refractivity contribution in [1.82, 2.24) is 0 Å². The van der Waals surface area contributed by atoms with Crippen molar-refractivity contribution in [3.05, 3.63) is 259 Å². The Hall–Kier alpha value is -7.22. The molecule has 0 saturated carbocycles. The maximum Gasteiger partial charge on any atom is 0.0714 e. The molecule has 56 heavy (non-hydrogen) atoms. The van der Waals surface area contributed by atoms with E-state index in [1.807, 2.05) is 0 Å². The first-order valence-electron chi connectivity index (χ1n) is 19.3. The van der Waals surface area contributed by atoms with Gasteiger partial charge in [-0.15, -0.1) is 0 Å². The summed E-state index contributed by atoms with van der Waals surface area (Å²) >= 11 is 0. The van der Waals surface area contributed by atoms with Gasteiger partial charge in [0.05, 0.1) is 5.41 Å². The van der Waals surface area contributed by atoms with Gasteiger partial charge in [-0.05, 0) is 103 Å². The number of hydrogen-bond acceptors (Lipinski definition) is 1. The zero-order chi connectivity index (χ0) is 37.3. The van der Waals surface area contributed by atoms with Crippen LogP contribution in [0.3, 0.4) is 0 Å². The third kappa shape index (κ3) is 5.65. The summed E-state index contributed by atoms with van der Waals surface area (Å²) in [6, 6.07) is 86.2. The highest BCUT2D eigenvalue weighted by atomic mass is 15.1. The molecule has 1 heteroatoms. The number of benzene rings is 9. The van der Waals surface area contributed by atoms with Crippen molar-refractivity contribution >= 4 is 17.1 Å². The average molecular weight is 714 g/mol. The molecule has 0 spiro atoms. The van der Waals surface area contributed by atoms with E-state index < -0.39 is 5.41 Å². The Kier molecular flexibility index (Phi) is 8.46. The lowest BCUT2D eigenvalue weighted by atomic mass is 9.67. The molecule has 1 nitrogen and oxygen atoms in total. The van der Waals surface area contributed by atoms with Crippen LogP contribution in [0.25, 0.3) is 44.5 Å². The Morgan fingerprint density at radius 2 is 0.696 bits per heavy atom. The molecule has 9 aromatic rings. The molecule has 0 aliphatic heterocycles. The molecule has 0 amide bonds. The van der Waals surface area contributed by atoms with Gasteiger partial charge in [-0.25, -0.2) is 0 Å². The molecule has 0 heterocycles. The minimum atomic E-state index is -0.493. The smallest absolute Gasteiger partial charge is 0.0714 e. The number of fused-ring (bicyclic) bond motifs is 3. The first-order valence-corrected chi connectivity index (χ1v) is 19.3. The second-order valence-electron chi connectivity index (χ2n) is 14.5. The van der Waals surface area contributed by atoms with Gasteiger partial charge < -0.3 is 4.90 Å². The lowest BCUT2D eigenvalue weighted by Crippen LogP contribution is -2.28. The summed E-state index contributed by atoms with van der Waals surface area (Å²) in [4.78, 5) is 2.42. The molecule has 1 aliphatic rings. The minimum Gasteiger partial charge on any atom is -0.310 e. The highest BCUT2D eigenvalue weighted by molar-refractivity contribution is 5.91. The number of nitrogens with zero attached hydrogens (tertiary/aromatic N) is 1. The standard InChI is InChI=1S/C55H39N/c1-5-18-40(19-6-1)43-22-17-27-47(38-43)56(46-34-32-42(33-35-46)50-29-14-13-28-49(50)41-20-7-2-8-21-41)48-36-37-52-51-30-15-16-31-53(51)55(54(52)39-48,44-23-9-3-10-24-44)45-25-11-4-12-26-45/h1-39H. The quantitative estimate of drug-likeness (QED) is 0.152. The van der Waals surface area contributed by atoms with Crippen molar-refractivity contribution in [3.63, 3.8) is 0 Å². The molecule has 0 atom stereocenters. The lowest BCUT2D eigenvalue weighted by Gasteiger charge is -2.35. The van der Waals surface area contributed by atoms with Crippen molar-refractivity contribution in [1.29, 1.82) is 0 Å². The average Bonchev–Trinajstić information content (AvgIpc) is 3.58. The van der Waals surface area contributed by atoms with E-state index in [9.17, 15) is 0 Å². The SMILES string of the molecule is c1ccc(-c2cccc(N(c3ccc(-c4ccccc4-c4ccccc4)cc3)c3ccc4c(c3)C(c3ccccc3)(c3ccccc3)c3ccccc3-4)c2)cc1. The van der Waals surface area contributed by atoms with Crippen LogP contribution < -0.4 is 4.90 Å². The van der Waals surface area contributed by atoms with E-state index in [0.717, 1.165) is 17.1 Å². The topological polar surface area (TPSA) is 3.24 Å². The molecule has 10 rings (SSSR count). The predicted octanol–water partition coefficient (Wildman–Crippen LogP) is 14.5. The molecule has 0 fully saturated rings. The van der Waals surface area contributed by atoms with Crippen molar-refractivity contribution in [2.45, 2.75) is 5.41 Å². The van der Waals surface area contributed by atoms with E-state index >= 15 is 0 Å². The van der Waals surface area contributed by atoms with Crippen molar-refractivity contribution < 1.29 is 0 Å². The summed E-state index contributed by atoms with van der Waals surface area (Å²) in [5, 5.41) is 0. The molecule has 0 radical (unpaired) electrons. The van der Waals surface area contributed by atoms with Crippen molar-refractivity contribution in [3.8, 4) is 44.5 Å². The van der Waals surface area contributed by atoms with Gasteiger partial charge in [-0.2, -0.15) is 0 Å². The normalized spacial score (nSPS) is 12.4. The van der Waals surface area contributed by atoms with Crippen LogP contribution in [0.15, 0.2) is 237 Å². The second kappa shape index (κ2) is 14.2. The Balaban J connectivity index is 1.18. The third-order valence-electron chi connectivity index (χ3n) is 11.4. The van der Waals surface area contributed by atoms with Crippen LogP contribution >= 0.6 is 0 Å². The molecular formula is C55H39N. The van der Waals surface area contributed by atoms with Crippen LogP contribution in [-0.4, -0.2) is 0 Å². The summed E-state index contributed by atoms with van der Waals surface area (Å²) in [5.41, 5.74) is 17.7. The van der Waals surface area contributed by atoms with Gasteiger partial charge in [0.2, 0.25) is 0 Å². The maximum absolute atomic E-state index is 2.45. The van der Waals surface area contributed by atoms with E-state index in [-0.39, 0.29) is 0 Å². The molecule has 0 bridgehead atoms. The lowest BCUT2D eigenvalue weighted by molar-refractivity contribution is 0.768. The van der Waals surface area contributed by atoms with E-state index in [0.29, 0.717) is 0 Å². The molecular weight excluding hydrogens is 675 g/mol. The molecule has 9 aromatic carbocycles. The number of rotatable bonds is 8. The Morgan fingerprint density at radius 1 is 0.250 bits per heavy atom. The molecule has 1 aliphatic carbocycles. The van der Waals surface area contributed by atoms with E-state index in [2.05, 4.69) is 241 Å². The van der Waals surface area contributed by atoms with Gasteiger partial charge in [0, 0.05) is 17.1 Å². The fourth-order valence-corrected chi connectivity index (χ4v) is 8.87. The van der Waals surface area contributed by atoms with Crippen LogP contribution in [0.1, 0.15) is 22.3 Å². The van der Waals surface area contributed by atoms with Crippen molar-refractivity contribution in [2.75, 3.05) is 4.90 Å². The summed E-state index contributed by atoms with van der Waals surface area (Å²) in [7, 11) is 0. The summed E-state index contributed by atoms with van der Waals surface area (Å²) in [6.07, 6.45) is 0. The fourth-order valence-electron chi connectivity index (χ4n) is 8.87. The Bertz CT molecular complexity index is 2730. The largest absolute Gasteiger partial charge is 0.310 e. The molecule has 264 valence electrons. The molecule has 0 aromatic heterocycles.